The molecule has 0 bridgehead atoms. The summed E-state index contributed by atoms with van der Waals surface area (Å²) in [7, 11) is 0. The zero-order valence-corrected chi connectivity index (χ0v) is 20.2. The number of rotatable bonds is 6. The van der Waals surface area contributed by atoms with Crippen molar-refractivity contribution in [3.63, 3.8) is 0 Å². The number of fused-ring (bicyclic) bond motifs is 5. The Bertz CT molecular complexity index is 639. The Kier molecular flexibility index (Phi) is 6.62. The van der Waals surface area contributed by atoms with Gasteiger partial charge in [-0.2, -0.15) is 5.26 Å². The van der Waals surface area contributed by atoms with E-state index in [1.54, 1.807) is 0 Å². The van der Waals surface area contributed by atoms with Crippen molar-refractivity contribution < 1.29 is 5.11 Å². The van der Waals surface area contributed by atoms with E-state index in [0.717, 1.165) is 61.2 Å². The highest BCUT2D eigenvalue weighted by molar-refractivity contribution is 5.09. The van der Waals surface area contributed by atoms with Crippen LogP contribution in [0.2, 0.25) is 0 Å². The van der Waals surface area contributed by atoms with Crippen LogP contribution in [0.1, 0.15) is 111 Å². The van der Waals surface area contributed by atoms with Crippen molar-refractivity contribution >= 4 is 0 Å². The molecule has 4 aliphatic carbocycles. The van der Waals surface area contributed by atoms with Crippen molar-refractivity contribution in [2.75, 3.05) is 0 Å². The SMILES string of the molecule is CCC(C#N)CCC[C@@H](C)C1CCC2C3CC[C@H]4CC(O)CCC4(C)C3CCC21C. The van der Waals surface area contributed by atoms with Gasteiger partial charge in [-0.25, -0.2) is 0 Å². The van der Waals surface area contributed by atoms with Gasteiger partial charge in [-0.3, -0.25) is 0 Å². The van der Waals surface area contributed by atoms with E-state index in [0.29, 0.717) is 10.8 Å². The second kappa shape index (κ2) is 8.77. The van der Waals surface area contributed by atoms with Gasteiger partial charge in [0.25, 0.3) is 0 Å². The van der Waals surface area contributed by atoms with Crippen molar-refractivity contribution in [2.45, 2.75) is 117 Å². The maximum absolute atomic E-state index is 10.3. The summed E-state index contributed by atoms with van der Waals surface area (Å²) in [6, 6.07) is 2.49. The smallest absolute Gasteiger partial charge is 0.0655 e. The molecule has 8 unspecified atom stereocenters. The Labute approximate surface area is 186 Å². The normalized spacial score (nSPS) is 47.5. The zero-order valence-electron chi connectivity index (χ0n) is 20.2. The quantitative estimate of drug-likeness (QED) is 0.494. The molecule has 4 saturated carbocycles. The molecule has 0 heterocycles. The lowest BCUT2D eigenvalue weighted by Crippen LogP contribution is -2.54. The number of aliphatic hydroxyl groups is 1. The molecule has 0 amide bonds. The van der Waals surface area contributed by atoms with Crippen LogP contribution in [0.25, 0.3) is 0 Å². The van der Waals surface area contributed by atoms with Crippen LogP contribution in [0.5, 0.6) is 0 Å². The second-order valence-electron chi connectivity index (χ2n) is 12.5. The second-order valence-corrected chi connectivity index (χ2v) is 12.5. The molecule has 170 valence electrons. The average molecular weight is 414 g/mol. The fraction of sp³-hybridized carbons (Fsp3) is 0.964. The molecule has 0 aromatic heterocycles. The molecular weight excluding hydrogens is 366 g/mol. The first-order chi connectivity index (χ1) is 14.3. The summed E-state index contributed by atoms with van der Waals surface area (Å²) < 4.78 is 0. The molecule has 2 nitrogen and oxygen atoms in total. The van der Waals surface area contributed by atoms with Gasteiger partial charge in [0.2, 0.25) is 0 Å². The Balaban J connectivity index is 1.42. The van der Waals surface area contributed by atoms with Gasteiger partial charge in [-0.05, 0) is 117 Å². The molecule has 0 aromatic carbocycles. The standard InChI is InChI=1S/C28H47NO/c1-5-20(18-29)8-6-7-19(2)24-11-12-25-23-10-9-21-17-22(30)13-15-27(21,3)26(23)14-16-28(24,25)4/h19-26,30H,5-17H2,1-4H3/t19-,20?,21+,22?,23?,24?,25?,26?,27?,28?/m1/s1. The fourth-order valence-electron chi connectivity index (χ4n) is 9.46. The molecule has 0 aromatic rings. The van der Waals surface area contributed by atoms with Crippen molar-refractivity contribution in [3.05, 3.63) is 0 Å². The van der Waals surface area contributed by atoms with Gasteiger partial charge in [-0.15, -0.1) is 0 Å². The van der Waals surface area contributed by atoms with Gasteiger partial charge in [0.1, 0.15) is 0 Å². The first-order valence-electron chi connectivity index (χ1n) is 13.4. The van der Waals surface area contributed by atoms with Crippen molar-refractivity contribution in [1.82, 2.24) is 0 Å². The van der Waals surface area contributed by atoms with E-state index in [2.05, 4.69) is 33.8 Å². The van der Waals surface area contributed by atoms with Crippen LogP contribution in [0, 0.1) is 63.6 Å². The summed E-state index contributed by atoms with van der Waals surface area (Å²) in [6.45, 7) is 9.96. The minimum absolute atomic E-state index is 0.0291. The maximum Gasteiger partial charge on any atom is 0.0655 e. The van der Waals surface area contributed by atoms with E-state index in [4.69, 9.17) is 0 Å². The summed E-state index contributed by atoms with van der Waals surface area (Å²) in [5, 5.41) is 19.5. The van der Waals surface area contributed by atoms with E-state index in [-0.39, 0.29) is 12.0 Å². The lowest BCUT2D eigenvalue weighted by atomic mass is 9.44. The fourth-order valence-corrected chi connectivity index (χ4v) is 9.46. The minimum atomic E-state index is -0.0291. The average Bonchev–Trinajstić information content (AvgIpc) is 3.09. The summed E-state index contributed by atoms with van der Waals surface area (Å²) in [4.78, 5) is 0. The monoisotopic (exact) mass is 413 g/mol. The molecule has 0 radical (unpaired) electrons. The van der Waals surface area contributed by atoms with Gasteiger partial charge in [0.15, 0.2) is 0 Å². The number of aliphatic hydroxyl groups excluding tert-OH is 1. The lowest BCUT2D eigenvalue weighted by Gasteiger charge is -2.61. The van der Waals surface area contributed by atoms with Gasteiger partial charge in [0, 0.05) is 5.92 Å². The number of hydrogen-bond acceptors (Lipinski definition) is 2. The summed E-state index contributed by atoms with van der Waals surface area (Å²) in [5.74, 6) is 5.54. The third-order valence-electron chi connectivity index (χ3n) is 11.3. The highest BCUT2D eigenvalue weighted by Gasteiger charge is 2.60. The Morgan fingerprint density at radius 1 is 0.967 bits per heavy atom. The summed E-state index contributed by atoms with van der Waals surface area (Å²) in [6.07, 6.45) is 16.6. The summed E-state index contributed by atoms with van der Waals surface area (Å²) in [5.41, 5.74) is 1.05. The Morgan fingerprint density at radius 3 is 2.43 bits per heavy atom. The van der Waals surface area contributed by atoms with Crippen molar-refractivity contribution in [2.24, 2.45) is 52.3 Å². The number of nitriles is 1. The largest absolute Gasteiger partial charge is 0.393 e. The van der Waals surface area contributed by atoms with Crippen LogP contribution < -0.4 is 0 Å². The third-order valence-corrected chi connectivity index (χ3v) is 11.3. The minimum Gasteiger partial charge on any atom is -0.393 e. The van der Waals surface area contributed by atoms with E-state index < -0.39 is 0 Å². The molecular formula is C28H47NO. The first-order valence-corrected chi connectivity index (χ1v) is 13.4. The molecule has 10 atom stereocenters. The van der Waals surface area contributed by atoms with Gasteiger partial charge < -0.3 is 5.11 Å². The van der Waals surface area contributed by atoms with Crippen LogP contribution in [-0.2, 0) is 0 Å². The topological polar surface area (TPSA) is 44.0 Å². The predicted molar refractivity (Wildman–Crippen MR) is 124 cm³/mol. The highest BCUT2D eigenvalue weighted by Crippen LogP contribution is 2.68. The molecule has 4 fully saturated rings. The van der Waals surface area contributed by atoms with Crippen LogP contribution in [-0.4, -0.2) is 11.2 Å². The van der Waals surface area contributed by atoms with Crippen molar-refractivity contribution in [1.29, 1.82) is 5.26 Å². The summed E-state index contributed by atoms with van der Waals surface area (Å²) >= 11 is 0. The van der Waals surface area contributed by atoms with Gasteiger partial charge >= 0.3 is 0 Å². The van der Waals surface area contributed by atoms with Gasteiger partial charge in [0.05, 0.1) is 12.2 Å². The van der Waals surface area contributed by atoms with Crippen LogP contribution in [0.15, 0.2) is 0 Å². The lowest BCUT2D eigenvalue weighted by molar-refractivity contribution is -0.129. The molecule has 4 aliphatic rings. The predicted octanol–water partition coefficient (Wildman–Crippen LogP) is 7.36. The van der Waals surface area contributed by atoms with Crippen molar-refractivity contribution in [3.8, 4) is 6.07 Å². The van der Waals surface area contributed by atoms with E-state index >= 15 is 0 Å². The maximum atomic E-state index is 10.3. The number of hydrogen-bond donors (Lipinski definition) is 1. The van der Waals surface area contributed by atoms with Crippen LogP contribution in [0.4, 0.5) is 0 Å². The molecule has 1 N–H and O–H groups in total. The van der Waals surface area contributed by atoms with E-state index in [1.807, 2.05) is 0 Å². The molecule has 30 heavy (non-hydrogen) atoms. The molecule has 2 heteroatoms. The van der Waals surface area contributed by atoms with Crippen LogP contribution in [0.3, 0.4) is 0 Å². The Morgan fingerprint density at radius 2 is 1.70 bits per heavy atom. The number of nitrogens with zero attached hydrogens (tertiary/aromatic N) is 1. The molecule has 0 spiro atoms. The van der Waals surface area contributed by atoms with E-state index in [1.165, 1.54) is 57.8 Å². The Hall–Kier alpha value is -0.550. The van der Waals surface area contributed by atoms with Gasteiger partial charge in [-0.1, -0.05) is 40.5 Å². The molecule has 0 saturated heterocycles. The highest BCUT2D eigenvalue weighted by atomic mass is 16.3. The van der Waals surface area contributed by atoms with E-state index in [9.17, 15) is 10.4 Å². The first kappa shape index (κ1) is 22.6. The third kappa shape index (κ3) is 3.76. The molecule has 4 rings (SSSR count). The van der Waals surface area contributed by atoms with Crippen LogP contribution >= 0.6 is 0 Å². The molecule has 0 aliphatic heterocycles. The zero-order chi connectivity index (χ0) is 21.5.